The van der Waals surface area contributed by atoms with Crippen LogP contribution in [0.25, 0.3) is 0 Å². The van der Waals surface area contributed by atoms with Crippen molar-refractivity contribution in [3.8, 4) is 6.08 Å². The first-order valence-electron chi connectivity index (χ1n) is 6.58. The van der Waals surface area contributed by atoms with Crippen LogP contribution in [0.15, 0.2) is 4.42 Å². The third-order valence-electron chi connectivity index (χ3n) is 2.79. The number of hydrogen-bond donors (Lipinski definition) is 1. The van der Waals surface area contributed by atoms with Gasteiger partial charge in [0.2, 0.25) is 5.89 Å². The van der Waals surface area contributed by atoms with Crippen molar-refractivity contribution in [3.63, 3.8) is 0 Å². The van der Waals surface area contributed by atoms with E-state index in [4.69, 9.17) is 24.4 Å². The number of halogens is 3. The summed E-state index contributed by atoms with van der Waals surface area (Å²) < 4.78 is 59.0. The van der Waals surface area contributed by atoms with Gasteiger partial charge in [0.05, 0.1) is 13.2 Å². The number of carbonyl (C=O) groups is 1. The first kappa shape index (κ1) is 17.3. The molecule has 23 heavy (non-hydrogen) atoms. The SMILES string of the molecule is NC(=O)O[C@@H]1CC[C@@H](c2nnc(OCCOC(F)(F)F)o2)OC1. The zero-order valence-electron chi connectivity index (χ0n) is 11.7. The van der Waals surface area contributed by atoms with Gasteiger partial charge in [-0.25, -0.2) is 4.79 Å². The molecule has 130 valence electrons. The maximum atomic E-state index is 11.8. The number of primary amides is 1. The molecule has 2 heterocycles. The number of hydrogen-bond acceptors (Lipinski definition) is 8. The minimum Gasteiger partial charge on any atom is -0.447 e. The van der Waals surface area contributed by atoms with Crippen molar-refractivity contribution in [2.75, 3.05) is 19.8 Å². The zero-order chi connectivity index (χ0) is 16.9. The summed E-state index contributed by atoms with van der Waals surface area (Å²) in [6.45, 7) is -0.986. The number of nitrogens with two attached hydrogens (primary N) is 1. The predicted molar refractivity (Wildman–Crippen MR) is 64.2 cm³/mol. The predicted octanol–water partition coefficient (Wildman–Crippen LogP) is 1.30. The number of nitrogens with zero attached hydrogens (tertiary/aromatic N) is 2. The molecule has 1 saturated heterocycles. The highest BCUT2D eigenvalue weighted by Gasteiger charge is 2.30. The monoisotopic (exact) mass is 341 g/mol. The van der Waals surface area contributed by atoms with Crippen molar-refractivity contribution in [1.82, 2.24) is 10.2 Å². The van der Waals surface area contributed by atoms with E-state index >= 15 is 0 Å². The van der Waals surface area contributed by atoms with E-state index in [1.165, 1.54) is 0 Å². The number of alkyl halides is 3. The topological polar surface area (TPSA) is 119 Å². The van der Waals surface area contributed by atoms with Crippen LogP contribution >= 0.6 is 0 Å². The third kappa shape index (κ3) is 5.90. The molecule has 1 fully saturated rings. The first-order valence-corrected chi connectivity index (χ1v) is 6.58. The number of aromatic nitrogens is 2. The molecular weight excluding hydrogens is 327 g/mol. The summed E-state index contributed by atoms with van der Waals surface area (Å²) in [4.78, 5) is 10.6. The summed E-state index contributed by atoms with van der Waals surface area (Å²) in [6, 6.07) is 0. The molecule has 0 bridgehead atoms. The highest BCUT2D eigenvalue weighted by atomic mass is 19.4. The molecule has 1 aromatic rings. The van der Waals surface area contributed by atoms with E-state index in [2.05, 4.69) is 14.9 Å². The van der Waals surface area contributed by atoms with E-state index in [1.54, 1.807) is 0 Å². The normalized spacial score (nSPS) is 21.9. The van der Waals surface area contributed by atoms with Crippen LogP contribution in [-0.4, -0.2) is 48.6 Å². The first-order chi connectivity index (χ1) is 10.8. The molecule has 0 aliphatic carbocycles. The van der Waals surface area contributed by atoms with Crippen molar-refractivity contribution >= 4 is 6.09 Å². The van der Waals surface area contributed by atoms with Gasteiger partial charge in [-0.2, -0.15) is 0 Å². The third-order valence-corrected chi connectivity index (χ3v) is 2.79. The van der Waals surface area contributed by atoms with Gasteiger partial charge in [-0.1, -0.05) is 5.10 Å². The summed E-state index contributed by atoms with van der Waals surface area (Å²) in [5.41, 5.74) is 4.90. The lowest BCUT2D eigenvalue weighted by atomic mass is 10.1. The number of carbonyl (C=O) groups excluding carboxylic acids is 1. The van der Waals surface area contributed by atoms with Crippen LogP contribution in [0.4, 0.5) is 18.0 Å². The van der Waals surface area contributed by atoms with Crippen LogP contribution in [-0.2, 0) is 14.2 Å². The Balaban J connectivity index is 1.73. The molecule has 0 saturated carbocycles. The number of amides is 1. The van der Waals surface area contributed by atoms with Crippen molar-refractivity contribution in [2.45, 2.75) is 31.4 Å². The Kier molecular flexibility index (Phi) is 5.60. The van der Waals surface area contributed by atoms with Crippen molar-refractivity contribution in [1.29, 1.82) is 0 Å². The molecule has 0 aromatic carbocycles. The summed E-state index contributed by atoms with van der Waals surface area (Å²) in [6.07, 6.45) is -5.91. The average molecular weight is 341 g/mol. The minimum absolute atomic E-state index is 0.117. The van der Waals surface area contributed by atoms with Gasteiger partial charge in [-0.3, -0.25) is 4.74 Å². The quantitative estimate of drug-likeness (QED) is 0.769. The molecule has 1 aliphatic rings. The van der Waals surface area contributed by atoms with E-state index < -0.39 is 37.9 Å². The Morgan fingerprint density at radius 3 is 2.70 bits per heavy atom. The maximum Gasteiger partial charge on any atom is 0.522 e. The van der Waals surface area contributed by atoms with Crippen LogP contribution in [0.1, 0.15) is 24.8 Å². The lowest BCUT2D eigenvalue weighted by Crippen LogP contribution is -2.31. The summed E-state index contributed by atoms with van der Waals surface area (Å²) >= 11 is 0. The van der Waals surface area contributed by atoms with E-state index in [9.17, 15) is 18.0 Å². The van der Waals surface area contributed by atoms with Crippen LogP contribution in [0.3, 0.4) is 0 Å². The molecular formula is C11H14F3N3O6. The van der Waals surface area contributed by atoms with Crippen molar-refractivity contribution in [3.05, 3.63) is 5.89 Å². The fourth-order valence-corrected chi connectivity index (χ4v) is 1.87. The summed E-state index contributed by atoms with van der Waals surface area (Å²) in [5, 5.41) is 7.22. The Bertz CT molecular complexity index is 515. The molecule has 0 unspecified atom stereocenters. The Morgan fingerprint density at radius 1 is 1.30 bits per heavy atom. The van der Waals surface area contributed by atoms with E-state index in [1.807, 2.05) is 0 Å². The van der Waals surface area contributed by atoms with E-state index in [-0.39, 0.29) is 18.6 Å². The van der Waals surface area contributed by atoms with Gasteiger partial charge in [-0.15, -0.1) is 18.3 Å². The van der Waals surface area contributed by atoms with Gasteiger partial charge in [-0.05, 0) is 12.8 Å². The summed E-state index contributed by atoms with van der Waals surface area (Å²) in [7, 11) is 0. The second-order valence-electron chi connectivity index (χ2n) is 4.51. The molecule has 1 aliphatic heterocycles. The minimum atomic E-state index is -4.72. The van der Waals surface area contributed by atoms with Gasteiger partial charge in [0.15, 0.2) is 0 Å². The lowest BCUT2D eigenvalue weighted by Gasteiger charge is -2.26. The fraction of sp³-hybridized carbons (Fsp3) is 0.727. The average Bonchev–Trinajstić information content (AvgIpc) is 2.92. The second kappa shape index (κ2) is 7.46. The molecule has 2 rings (SSSR count). The fourth-order valence-electron chi connectivity index (χ4n) is 1.87. The Hall–Kier alpha value is -2.08. The number of rotatable bonds is 6. The largest absolute Gasteiger partial charge is 0.522 e. The molecule has 1 amide bonds. The van der Waals surface area contributed by atoms with Crippen molar-refractivity contribution in [2.24, 2.45) is 5.73 Å². The van der Waals surface area contributed by atoms with Crippen LogP contribution < -0.4 is 10.5 Å². The molecule has 2 N–H and O–H groups in total. The van der Waals surface area contributed by atoms with Crippen molar-refractivity contribution < 1.29 is 41.3 Å². The molecule has 0 spiro atoms. The smallest absolute Gasteiger partial charge is 0.447 e. The lowest BCUT2D eigenvalue weighted by molar-refractivity contribution is -0.325. The maximum absolute atomic E-state index is 11.8. The van der Waals surface area contributed by atoms with Gasteiger partial charge in [0.25, 0.3) is 0 Å². The van der Waals surface area contributed by atoms with Gasteiger partial charge < -0.3 is 24.4 Å². The molecule has 12 heteroatoms. The van der Waals surface area contributed by atoms with Gasteiger partial charge in [0.1, 0.15) is 18.8 Å². The highest BCUT2D eigenvalue weighted by molar-refractivity contribution is 5.64. The highest BCUT2D eigenvalue weighted by Crippen LogP contribution is 2.29. The molecule has 1 aromatic heterocycles. The second-order valence-corrected chi connectivity index (χ2v) is 4.51. The number of ether oxygens (including phenoxy) is 4. The van der Waals surface area contributed by atoms with Crippen LogP contribution in [0, 0.1) is 0 Å². The van der Waals surface area contributed by atoms with E-state index in [0.29, 0.717) is 12.8 Å². The molecule has 9 nitrogen and oxygen atoms in total. The zero-order valence-corrected chi connectivity index (χ0v) is 11.7. The van der Waals surface area contributed by atoms with Crippen LogP contribution in [0.2, 0.25) is 0 Å². The molecule has 2 atom stereocenters. The molecule has 0 radical (unpaired) electrons. The summed E-state index contributed by atoms with van der Waals surface area (Å²) in [5.74, 6) is 0.120. The standard InChI is InChI=1S/C11H14F3N3O6/c12-11(13,14)21-4-3-19-10-17-16-8(23-10)7-2-1-6(5-20-7)22-9(15)18/h6-7H,1-5H2,(H2,15,18)/t6-,7+/m1/s1. The Morgan fingerprint density at radius 2 is 2.09 bits per heavy atom. The van der Waals surface area contributed by atoms with Crippen LogP contribution in [0.5, 0.6) is 6.08 Å². The van der Waals surface area contributed by atoms with E-state index in [0.717, 1.165) is 0 Å². The van der Waals surface area contributed by atoms with Gasteiger partial charge >= 0.3 is 18.5 Å². The Labute approximate surface area is 127 Å². The van der Waals surface area contributed by atoms with Gasteiger partial charge in [0, 0.05) is 0 Å².